The quantitative estimate of drug-likeness (QED) is 0.834. The lowest BCUT2D eigenvalue weighted by Crippen LogP contribution is -2.46. The fourth-order valence-electron chi connectivity index (χ4n) is 3.41. The number of aromatic amines is 1. The Kier molecular flexibility index (Phi) is 5.35. The van der Waals surface area contributed by atoms with E-state index in [1.807, 2.05) is 18.7 Å². The number of carbonyl (C=O) groups is 1. The van der Waals surface area contributed by atoms with Gasteiger partial charge in [0.15, 0.2) is 5.65 Å². The predicted molar refractivity (Wildman–Crippen MR) is 95.6 cm³/mol. The molecule has 1 aliphatic rings. The summed E-state index contributed by atoms with van der Waals surface area (Å²) in [4.78, 5) is 31.0. The molecule has 1 saturated heterocycles. The van der Waals surface area contributed by atoms with Crippen molar-refractivity contribution in [3.8, 4) is 0 Å². The molecule has 3 N–H and O–H groups in total. The molecule has 2 aromatic heterocycles. The molecule has 0 bridgehead atoms. The van der Waals surface area contributed by atoms with Gasteiger partial charge in [0.05, 0.1) is 11.8 Å². The standard InChI is InChI=1S/C16H23N5O2.ClH/c1-9-12(7-13(22)21-6-4-5-11(17)8-21)10(2)18-15-14(9)16(23)19-20(15)3;/h11H,4-8,17H2,1-3H3,(H,19,23);1H. The lowest BCUT2D eigenvalue weighted by molar-refractivity contribution is -0.131. The molecule has 1 unspecified atom stereocenters. The smallest absolute Gasteiger partial charge is 0.273 e. The molecule has 24 heavy (non-hydrogen) atoms. The summed E-state index contributed by atoms with van der Waals surface area (Å²) in [5, 5.41) is 3.29. The highest BCUT2D eigenvalue weighted by molar-refractivity contribution is 5.85. The predicted octanol–water partition coefficient (Wildman–Crippen LogP) is 0.792. The molecule has 132 valence electrons. The van der Waals surface area contributed by atoms with E-state index in [4.69, 9.17) is 5.73 Å². The average molecular weight is 354 g/mol. The Morgan fingerprint density at radius 2 is 2.12 bits per heavy atom. The van der Waals surface area contributed by atoms with Gasteiger partial charge in [-0.05, 0) is 37.8 Å². The number of halogens is 1. The van der Waals surface area contributed by atoms with Crippen molar-refractivity contribution in [2.45, 2.75) is 39.2 Å². The molecule has 8 heteroatoms. The highest BCUT2D eigenvalue weighted by Crippen LogP contribution is 2.21. The van der Waals surface area contributed by atoms with Gasteiger partial charge >= 0.3 is 0 Å². The molecule has 1 fully saturated rings. The zero-order valence-corrected chi connectivity index (χ0v) is 15.1. The van der Waals surface area contributed by atoms with E-state index in [-0.39, 0.29) is 36.3 Å². The molecule has 1 aliphatic heterocycles. The van der Waals surface area contributed by atoms with Gasteiger partial charge in [-0.3, -0.25) is 19.4 Å². The number of carbonyl (C=O) groups excluding carboxylic acids is 1. The van der Waals surface area contributed by atoms with Gasteiger partial charge < -0.3 is 10.6 Å². The minimum Gasteiger partial charge on any atom is -0.341 e. The maximum absolute atomic E-state index is 12.6. The monoisotopic (exact) mass is 353 g/mol. The summed E-state index contributed by atoms with van der Waals surface area (Å²) in [6.45, 7) is 5.13. The van der Waals surface area contributed by atoms with E-state index < -0.39 is 0 Å². The van der Waals surface area contributed by atoms with Crippen LogP contribution in [0.15, 0.2) is 4.79 Å². The third-order valence-electron chi connectivity index (χ3n) is 4.71. The third kappa shape index (κ3) is 3.18. The summed E-state index contributed by atoms with van der Waals surface area (Å²) in [5.74, 6) is 0.0554. The minimum absolute atomic E-state index is 0. The van der Waals surface area contributed by atoms with Gasteiger partial charge in [0.1, 0.15) is 0 Å². The zero-order valence-electron chi connectivity index (χ0n) is 14.3. The van der Waals surface area contributed by atoms with Crippen LogP contribution in [0.4, 0.5) is 0 Å². The number of nitrogens with two attached hydrogens (primary N) is 1. The molecule has 0 aromatic carbocycles. The molecule has 7 nitrogen and oxygen atoms in total. The Balaban J connectivity index is 0.00000208. The fourth-order valence-corrected chi connectivity index (χ4v) is 3.41. The number of aryl methyl sites for hydroxylation is 3. The average Bonchev–Trinajstić information content (AvgIpc) is 2.77. The summed E-state index contributed by atoms with van der Waals surface area (Å²) in [7, 11) is 1.76. The number of amides is 1. The first kappa shape index (κ1) is 18.5. The van der Waals surface area contributed by atoms with Crippen molar-refractivity contribution in [3.63, 3.8) is 0 Å². The van der Waals surface area contributed by atoms with Gasteiger partial charge in [-0.2, -0.15) is 0 Å². The number of piperidine rings is 1. The van der Waals surface area contributed by atoms with Crippen LogP contribution in [0.1, 0.15) is 29.7 Å². The molecule has 3 heterocycles. The van der Waals surface area contributed by atoms with Crippen LogP contribution in [0, 0.1) is 13.8 Å². The number of rotatable bonds is 2. The van der Waals surface area contributed by atoms with E-state index >= 15 is 0 Å². The molecular formula is C16H24ClN5O2. The lowest BCUT2D eigenvalue weighted by Gasteiger charge is -2.31. The van der Waals surface area contributed by atoms with Gasteiger partial charge in [-0.25, -0.2) is 4.98 Å². The molecule has 2 aromatic rings. The second-order valence-electron chi connectivity index (χ2n) is 6.42. The van der Waals surface area contributed by atoms with Crippen molar-refractivity contribution in [2.24, 2.45) is 12.8 Å². The third-order valence-corrected chi connectivity index (χ3v) is 4.71. The van der Waals surface area contributed by atoms with Crippen LogP contribution in [-0.4, -0.2) is 44.7 Å². The van der Waals surface area contributed by atoms with Crippen molar-refractivity contribution in [1.29, 1.82) is 0 Å². The summed E-state index contributed by atoms with van der Waals surface area (Å²) in [6.07, 6.45) is 2.18. The first-order valence-corrected chi connectivity index (χ1v) is 7.96. The van der Waals surface area contributed by atoms with Gasteiger partial charge in [0.25, 0.3) is 5.56 Å². The van der Waals surface area contributed by atoms with Crippen molar-refractivity contribution < 1.29 is 4.79 Å². The molecule has 0 saturated carbocycles. The number of likely N-dealkylation sites (tertiary alicyclic amines) is 1. The van der Waals surface area contributed by atoms with E-state index in [9.17, 15) is 9.59 Å². The van der Waals surface area contributed by atoms with Crippen LogP contribution in [0.2, 0.25) is 0 Å². The number of fused-ring (bicyclic) bond motifs is 1. The van der Waals surface area contributed by atoms with E-state index in [0.29, 0.717) is 17.6 Å². The molecule has 0 aliphatic carbocycles. The molecule has 1 amide bonds. The summed E-state index contributed by atoms with van der Waals surface area (Å²) >= 11 is 0. The normalized spacial score (nSPS) is 17.8. The number of nitrogens with one attached hydrogen (secondary N) is 1. The Labute approximate surface area is 146 Å². The number of aromatic nitrogens is 3. The molecule has 0 spiro atoms. The van der Waals surface area contributed by atoms with Gasteiger partial charge in [0.2, 0.25) is 5.91 Å². The summed E-state index contributed by atoms with van der Waals surface area (Å²) in [6, 6.07) is 0.0625. The highest BCUT2D eigenvalue weighted by atomic mass is 35.5. The number of H-pyrrole nitrogens is 1. The number of hydrogen-bond donors (Lipinski definition) is 2. The van der Waals surface area contributed by atoms with Gasteiger partial charge in [0, 0.05) is 31.9 Å². The summed E-state index contributed by atoms with van der Waals surface area (Å²) < 4.78 is 1.62. The van der Waals surface area contributed by atoms with Crippen molar-refractivity contribution in [3.05, 3.63) is 27.2 Å². The van der Waals surface area contributed by atoms with E-state index in [0.717, 1.165) is 36.2 Å². The Hall–Kier alpha value is -1.86. The zero-order chi connectivity index (χ0) is 16.7. The van der Waals surface area contributed by atoms with Crippen LogP contribution < -0.4 is 11.3 Å². The topological polar surface area (TPSA) is 97.0 Å². The fraction of sp³-hybridized carbons (Fsp3) is 0.562. The van der Waals surface area contributed by atoms with Crippen LogP contribution in [0.25, 0.3) is 11.0 Å². The molecule has 0 radical (unpaired) electrons. The largest absolute Gasteiger partial charge is 0.341 e. The molecular weight excluding hydrogens is 330 g/mol. The Morgan fingerprint density at radius 3 is 2.79 bits per heavy atom. The minimum atomic E-state index is -0.166. The molecule has 1 atom stereocenters. The second-order valence-corrected chi connectivity index (χ2v) is 6.42. The first-order chi connectivity index (χ1) is 10.9. The Morgan fingerprint density at radius 1 is 1.42 bits per heavy atom. The van der Waals surface area contributed by atoms with E-state index in [2.05, 4.69) is 10.1 Å². The highest BCUT2D eigenvalue weighted by Gasteiger charge is 2.23. The van der Waals surface area contributed by atoms with Gasteiger partial charge in [-0.15, -0.1) is 12.4 Å². The number of nitrogens with zero attached hydrogens (tertiary/aromatic N) is 3. The Bertz CT molecular complexity index is 826. The van der Waals surface area contributed by atoms with Crippen LogP contribution >= 0.6 is 12.4 Å². The van der Waals surface area contributed by atoms with Gasteiger partial charge in [-0.1, -0.05) is 0 Å². The first-order valence-electron chi connectivity index (χ1n) is 7.96. The SMILES string of the molecule is Cc1nc2c(c(C)c1CC(=O)N1CCCC(N)C1)c(=O)[nH]n2C.Cl. The van der Waals surface area contributed by atoms with Crippen molar-refractivity contribution in [1.82, 2.24) is 19.7 Å². The van der Waals surface area contributed by atoms with Crippen LogP contribution in [-0.2, 0) is 18.3 Å². The number of hydrogen-bond acceptors (Lipinski definition) is 4. The lowest BCUT2D eigenvalue weighted by atomic mass is 10.00. The molecule has 3 rings (SSSR count). The van der Waals surface area contributed by atoms with Crippen LogP contribution in [0.5, 0.6) is 0 Å². The maximum Gasteiger partial charge on any atom is 0.273 e. The van der Waals surface area contributed by atoms with Crippen molar-refractivity contribution in [2.75, 3.05) is 13.1 Å². The second kappa shape index (κ2) is 6.94. The maximum atomic E-state index is 12.6. The van der Waals surface area contributed by atoms with E-state index in [1.54, 1.807) is 11.7 Å². The van der Waals surface area contributed by atoms with Crippen molar-refractivity contribution >= 4 is 29.3 Å². The number of pyridine rings is 1. The van der Waals surface area contributed by atoms with Crippen LogP contribution in [0.3, 0.4) is 0 Å². The van der Waals surface area contributed by atoms with E-state index in [1.165, 1.54) is 0 Å². The summed E-state index contributed by atoms with van der Waals surface area (Å²) in [5.41, 5.74) is 8.89.